The number of carbonyl (C=O) groups is 1. The van der Waals surface area contributed by atoms with Crippen molar-refractivity contribution in [3.05, 3.63) is 77.4 Å². The van der Waals surface area contributed by atoms with Crippen LogP contribution in [0, 0.1) is 11.3 Å². The Hall–Kier alpha value is -3.58. The second kappa shape index (κ2) is 7.54. The van der Waals surface area contributed by atoms with Gasteiger partial charge in [-0.25, -0.2) is 0 Å². The van der Waals surface area contributed by atoms with Crippen LogP contribution in [0.3, 0.4) is 0 Å². The van der Waals surface area contributed by atoms with Crippen molar-refractivity contribution in [1.82, 2.24) is 0 Å². The molecule has 0 aliphatic carbocycles. The van der Waals surface area contributed by atoms with Crippen LogP contribution in [0.25, 0.3) is 16.8 Å². The van der Waals surface area contributed by atoms with Gasteiger partial charge in [0.05, 0.1) is 19.8 Å². The number of fused-ring (bicyclic) bond motifs is 1. The van der Waals surface area contributed by atoms with Crippen LogP contribution in [0.1, 0.15) is 15.9 Å². The third kappa shape index (κ3) is 3.42. The van der Waals surface area contributed by atoms with Crippen LogP contribution in [0.4, 0.5) is 0 Å². The number of ketones is 1. The minimum Gasteiger partial charge on any atom is -0.497 e. The lowest BCUT2D eigenvalue weighted by Gasteiger charge is -2.07. The van der Waals surface area contributed by atoms with E-state index < -0.39 is 0 Å². The fourth-order valence-corrected chi connectivity index (χ4v) is 2.75. The van der Waals surface area contributed by atoms with E-state index in [1.807, 2.05) is 42.5 Å². The molecule has 0 radical (unpaired) electrons. The first-order valence-corrected chi connectivity index (χ1v) is 8.03. The van der Waals surface area contributed by atoms with Gasteiger partial charge in [-0.2, -0.15) is 5.26 Å². The van der Waals surface area contributed by atoms with Crippen molar-refractivity contribution < 1.29 is 14.3 Å². The third-order valence-electron chi connectivity index (χ3n) is 4.10. The van der Waals surface area contributed by atoms with Gasteiger partial charge in [0, 0.05) is 0 Å². The van der Waals surface area contributed by atoms with Crippen molar-refractivity contribution in [1.29, 1.82) is 5.26 Å². The van der Waals surface area contributed by atoms with E-state index in [0.717, 1.165) is 22.1 Å². The number of carbonyl (C=O) groups excluding carboxylic acids is 1. The van der Waals surface area contributed by atoms with Crippen molar-refractivity contribution >= 4 is 22.6 Å². The predicted molar refractivity (Wildman–Crippen MR) is 101 cm³/mol. The van der Waals surface area contributed by atoms with E-state index in [4.69, 9.17) is 9.47 Å². The first kappa shape index (κ1) is 17.2. The van der Waals surface area contributed by atoms with Crippen molar-refractivity contribution in [3.63, 3.8) is 0 Å². The van der Waals surface area contributed by atoms with Gasteiger partial charge in [0.15, 0.2) is 0 Å². The van der Waals surface area contributed by atoms with Gasteiger partial charge in [-0.1, -0.05) is 30.3 Å². The molecule has 0 heterocycles. The third-order valence-corrected chi connectivity index (χ3v) is 4.10. The highest BCUT2D eigenvalue weighted by Crippen LogP contribution is 2.25. The highest BCUT2D eigenvalue weighted by atomic mass is 16.5. The lowest BCUT2D eigenvalue weighted by atomic mass is 10.00. The summed E-state index contributed by atoms with van der Waals surface area (Å²) in [5, 5.41) is 11.5. The van der Waals surface area contributed by atoms with Gasteiger partial charge in [-0.3, -0.25) is 4.79 Å². The summed E-state index contributed by atoms with van der Waals surface area (Å²) in [4.78, 5) is 12.7. The first-order chi connectivity index (χ1) is 12.7. The van der Waals surface area contributed by atoms with Gasteiger partial charge in [-0.05, 0) is 52.7 Å². The quantitative estimate of drug-likeness (QED) is 0.384. The molecule has 0 fully saturated rings. The van der Waals surface area contributed by atoms with E-state index in [-0.39, 0.29) is 11.4 Å². The maximum atomic E-state index is 12.7. The zero-order valence-electron chi connectivity index (χ0n) is 14.5. The van der Waals surface area contributed by atoms with Crippen molar-refractivity contribution in [2.45, 2.75) is 0 Å². The Balaban J connectivity index is 2.00. The second-order valence-electron chi connectivity index (χ2n) is 5.67. The Morgan fingerprint density at radius 2 is 1.69 bits per heavy atom. The number of benzene rings is 3. The largest absolute Gasteiger partial charge is 0.497 e. The topological polar surface area (TPSA) is 59.3 Å². The van der Waals surface area contributed by atoms with Crippen molar-refractivity contribution in [3.8, 4) is 17.6 Å². The molecule has 0 aliphatic heterocycles. The first-order valence-electron chi connectivity index (χ1n) is 8.03. The van der Waals surface area contributed by atoms with Crippen LogP contribution in [-0.2, 0) is 0 Å². The lowest BCUT2D eigenvalue weighted by Crippen LogP contribution is -2.04. The van der Waals surface area contributed by atoms with Gasteiger partial charge in [-0.15, -0.1) is 0 Å². The molecule has 0 spiro atoms. The summed E-state index contributed by atoms with van der Waals surface area (Å²) in [6.07, 6.45) is 1.60. The van der Waals surface area contributed by atoms with Crippen LogP contribution in [0.2, 0.25) is 0 Å². The van der Waals surface area contributed by atoms with Gasteiger partial charge in [0.25, 0.3) is 0 Å². The van der Waals surface area contributed by atoms with Crippen LogP contribution in [0.15, 0.2) is 66.2 Å². The van der Waals surface area contributed by atoms with E-state index in [1.165, 1.54) is 7.11 Å². The van der Waals surface area contributed by atoms with E-state index in [2.05, 4.69) is 0 Å². The number of ether oxygens (including phenoxy) is 2. The number of allylic oxidation sites excluding steroid dienone is 1. The Labute approximate surface area is 151 Å². The number of rotatable bonds is 5. The molecule has 0 aliphatic rings. The summed E-state index contributed by atoms with van der Waals surface area (Å²) in [5.74, 6) is 0.869. The molecular weight excluding hydrogens is 326 g/mol. The zero-order valence-corrected chi connectivity index (χ0v) is 14.5. The molecular formula is C22H17NO3. The molecule has 3 aromatic rings. The van der Waals surface area contributed by atoms with Crippen LogP contribution in [-0.4, -0.2) is 20.0 Å². The minimum absolute atomic E-state index is 0.0577. The second-order valence-corrected chi connectivity index (χ2v) is 5.67. The number of hydrogen-bond acceptors (Lipinski definition) is 4. The molecule has 0 atom stereocenters. The number of methoxy groups -OCH3 is 2. The van der Waals surface area contributed by atoms with E-state index in [9.17, 15) is 10.1 Å². The minimum atomic E-state index is -0.361. The van der Waals surface area contributed by atoms with Crippen molar-refractivity contribution in [2.24, 2.45) is 0 Å². The molecule has 0 saturated carbocycles. The molecule has 0 N–H and O–H groups in total. The molecule has 4 nitrogen and oxygen atoms in total. The summed E-state index contributed by atoms with van der Waals surface area (Å²) in [6, 6.07) is 20.4. The zero-order chi connectivity index (χ0) is 18.5. The van der Waals surface area contributed by atoms with Gasteiger partial charge in [0.1, 0.15) is 23.1 Å². The standard InChI is InChI=1S/C22H17NO3/c1-25-19-10-9-16-11-15(7-8-17(16)13-19)12-18(14-23)22(24)20-5-3-4-6-21(20)26-2/h3-13H,1-2H3/b18-12+. The molecule has 0 unspecified atom stereocenters. The maximum Gasteiger partial charge on any atom is 0.207 e. The number of Topliss-reactive ketones (excluding diaryl/α,β-unsaturated/α-hetero) is 1. The predicted octanol–water partition coefficient (Wildman–Crippen LogP) is 4.65. The van der Waals surface area contributed by atoms with Crippen LogP contribution < -0.4 is 9.47 Å². The van der Waals surface area contributed by atoms with Crippen molar-refractivity contribution in [2.75, 3.05) is 14.2 Å². The smallest absolute Gasteiger partial charge is 0.207 e. The Morgan fingerprint density at radius 3 is 2.42 bits per heavy atom. The Morgan fingerprint density at radius 1 is 0.962 bits per heavy atom. The number of nitriles is 1. The van der Waals surface area contributed by atoms with Crippen LogP contribution in [0.5, 0.6) is 11.5 Å². The Bertz CT molecular complexity index is 1040. The molecule has 0 aromatic heterocycles. The highest BCUT2D eigenvalue weighted by Gasteiger charge is 2.16. The molecule has 0 saturated heterocycles. The fourth-order valence-electron chi connectivity index (χ4n) is 2.75. The summed E-state index contributed by atoms with van der Waals surface area (Å²) < 4.78 is 10.4. The molecule has 3 rings (SSSR count). The SMILES string of the molecule is COc1ccc2cc(/C=C(\C#N)C(=O)c3ccccc3OC)ccc2c1. The number of hydrogen-bond donors (Lipinski definition) is 0. The molecule has 0 amide bonds. The van der Waals surface area contributed by atoms with Gasteiger partial charge in [0.2, 0.25) is 5.78 Å². The fraction of sp³-hybridized carbons (Fsp3) is 0.0909. The van der Waals surface area contributed by atoms with E-state index in [1.54, 1.807) is 37.5 Å². The molecule has 4 heteroatoms. The maximum absolute atomic E-state index is 12.7. The summed E-state index contributed by atoms with van der Waals surface area (Å²) in [6.45, 7) is 0. The van der Waals surface area contributed by atoms with Gasteiger partial charge >= 0.3 is 0 Å². The molecule has 26 heavy (non-hydrogen) atoms. The lowest BCUT2D eigenvalue weighted by molar-refractivity contribution is 0.103. The van der Waals surface area contributed by atoms with E-state index >= 15 is 0 Å². The average molecular weight is 343 g/mol. The number of nitrogens with zero attached hydrogens (tertiary/aromatic N) is 1. The average Bonchev–Trinajstić information content (AvgIpc) is 2.70. The normalized spacial score (nSPS) is 11.0. The number of para-hydroxylation sites is 1. The van der Waals surface area contributed by atoms with Gasteiger partial charge < -0.3 is 9.47 Å². The van der Waals surface area contributed by atoms with Crippen LogP contribution >= 0.6 is 0 Å². The van der Waals surface area contributed by atoms with E-state index in [0.29, 0.717) is 11.3 Å². The summed E-state index contributed by atoms with van der Waals surface area (Å²) in [7, 11) is 3.13. The highest BCUT2D eigenvalue weighted by molar-refractivity contribution is 6.15. The molecule has 128 valence electrons. The Kier molecular flexibility index (Phi) is 5.00. The monoisotopic (exact) mass is 343 g/mol. The molecule has 0 bridgehead atoms. The summed E-state index contributed by atoms with van der Waals surface area (Å²) >= 11 is 0. The molecule has 3 aromatic carbocycles. The summed E-state index contributed by atoms with van der Waals surface area (Å²) in [5.41, 5.74) is 1.21.